The lowest BCUT2D eigenvalue weighted by atomic mass is 10.1. The first-order valence-corrected chi connectivity index (χ1v) is 13.9. The molecule has 0 aliphatic rings. The smallest absolute Gasteiger partial charge is 0.291 e. The van der Waals surface area contributed by atoms with Crippen molar-refractivity contribution >= 4 is 22.4 Å². The van der Waals surface area contributed by atoms with Crippen LogP contribution in [0, 0.1) is 0 Å². The molecule has 9 heteroatoms. The van der Waals surface area contributed by atoms with Gasteiger partial charge >= 0.3 is 0 Å². The zero-order valence-corrected chi connectivity index (χ0v) is 23.1. The summed E-state index contributed by atoms with van der Waals surface area (Å²) in [6.07, 6.45) is 3.88. The predicted molar refractivity (Wildman–Crippen MR) is 157 cm³/mol. The zero-order chi connectivity index (χ0) is 27.6. The molecule has 0 N–H and O–H groups in total. The number of aromatic nitrogens is 5. The van der Waals surface area contributed by atoms with Crippen LogP contribution in [0.5, 0.6) is 11.5 Å². The van der Waals surface area contributed by atoms with Crippen molar-refractivity contribution in [2.75, 3.05) is 6.61 Å². The Morgan fingerprint density at radius 1 is 0.900 bits per heavy atom. The molecule has 6 rings (SSSR count). The number of ether oxygens (including phenoxy) is 2. The van der Waals surface area contributed by atoms with E-state index in [1.165, 1.54) is 15.9 Å². The Morgan fingerprint density at radius 3 is 2.27 bits per heavy atom. The molecule has 3 heterocycles. The molecule has 8 nitrogen and oxygen atoms in total. The molecule has 0 radical (unpaired) electrons. The molecule has 0 atom stereocenters. The fourth-order valence-corrected chi connectivity index (χ4v) is 5.26. The largest absolute Gasteiger partial charge is 0.494 e. The highest BCUT2D eigenvalue weighted by Crippen LogP contribution is 2.27. The second-order valence-corrected chi connectivity index (χ2v) is 10.4. The highest BCUT2D eigenvalue weighted by atomic mass is 32.1. The summed E-state index contributed by atoms with van der Waals surface area (Å²) in [6, 6.07) is 25.3. The molecule has 0 aliphatic carbocycles. The topological polar surface area (TPSA) is 83.5 Å². The van der Waals surface area contributed by atoms with Crippen molar-refractivity contribution in [1.82, 2.24) is 24.4 Å². The van der Waals surface area contributed by atoms with Gasteiger partial charge in [0.25, 0.3) is 5.56 Å². The number of hydrogen-bond acceptors (Lipinski definition) is 7. The van der Waals surface area contributed by atoms with Crippen LogP contribution in [0.2, 0.25) is 0 Å². The predicted octanol–water partition coefficient (Wildman–Crippen LogP) is 5.40. The zero-order valence-electron chi connectivity index (χ0n) is 22.3. The van der Waals surface area contributed by atoms with Gasteiger partial charge in [0.1, 0.15) is 17.2 Å². The molecule has 6 aromatic rings. The first-order valence-electron chi connectivity index (χ1n) is 13.0. The van der Waals surface area contributed by atoms with E-state index in [0.29, 0.717) is 21.9 Å². The van der Waals surface area contributed by atoms with Gasteiger partial charge in [-0.15, -0.1) is 5.10 Å². The lowest BCUT2D eigenvalue weighted by Gasteiger charge is -2.09. The van der Waals surface area contributed by atoms with E-state index < -0.39 is 0 Å². The number of fused-ring (bicyclic) bond motifs is 1. The summed E-state index contributed by atoms with van der Waals surface area (Å²) in [5.74, 6) is 2.07. The minimum Gasteiger partial charge on any atom is -0.494 e. The van der Waals surface area contributed by atoms with Crippen molar-refractivity contribution in [1.29, 1.82) is 0 Å². The summed E-state index contributed by atoms with van der Waals surface area (Å²) in [5.41, 5.74) is 4.02. The first-order chi connectivity index (χ1) is 19.5. The Morgan fingerprint density at radius 2 is 1.60 bits per heavy atom. The van der Waals surface area contributed by atoms with E-state index in [1.807, 2.05) is 117 Å². The van der Waals surface area contributed by atoms with Gasteiger partial charge in [-0.2, -0.15) is 14.6 Å². The molecule has 3 aromatic heterocycles. The number of para-hydroxylation sites is 1. The molecule has 0 bridgehead atoms. The van der Waals surface area contributed by atoms with Crippen molar-refractivity contribution in [3.63, 3.8) is 0 Å². The number of nitrogens with zero attached hydrogens (tertiary/aromatic N) is 5. The average Bonchev–Trinajstić information content (AvgIpc) is 3.65. The number of thiazole rings is 1. The molecule has 3 aromatic carbocycles. The van der Waals surface area contributed by atoms with E-state index in [0.717, 1.165) is 39.6 Å². The third-order valence-electron chi connectivity index (χ3n) is 6.15. The minimum atomic E-state index is -0.219. The van der Waals surface area contributed by atoms with Gasteiger partial charge in [-0.05, 0) is 87.5 Å². The van der Waals surface area contributed by atoms with Gasteiger partial charge in [0, 0.05) is 22.9 Å². The van der Waals surface area contributed by atoms with Crippen LogP contribution in [0.1, 0.15) is 26.3 Å². The molecular weight excluding hydrogens is 522 g/mol. The molecule has 0 aliphatic heterocycles. The Kier molecular flexibility index (Phi) is 6.88. The summed E-state index contributed by atoms with van der Waals surface area (Å²) in [7, 11) is 0. The third-order valence-corrected chi connectivity index (χ3v) is 7.11. The summed E-state index contributed by atoms with van der Waals surface area (Å²) in [4.78, 5) is 18.5. The van der Waals surface area contributed by atoms with Gasteiger partial charge in [0.2, 0.25) is 4.96 Å². The maximum atomic E-state index is 13.4. The lowest BCUT2D eigenvalue weighted by Crippen LogP contribution is -2.23. The van der Waals surface area contributed by atoms with Crippen LogP contribution in [0.25, 0.3) is 39.4 Å². The second-order valence-electron chi connectivity index (χ2n) is 9.41. The molecule has 200 valence electrons. The van der Waals surface area contributed by atoms with Crippen molar-refractivity contribution in [2.45, 2.75) is 26.9 Å². The molecule has 0 spiro atoms. The molecule has 0 saturated heterocycles. The fourth-order valence-electron chi connectivity index (χ4n) is 4.36. The normalized spacial score (nSPS) is 11.9. The maximum absolute atomic E-state index is 13.4. The second kappa shape index (κ2) is 10.8. The maximum Gasteiger partial charge on any atom is 0.291 e. The summed E-state index contributed by atoms with van der Waals surface area (Å²) < 4.78 is 15.0. The Labute approximate surface area is 234 Å². The molecule has 0 fully saturated rings. The van der Waals surface area contributed by atoms with Gasteiger partial charge in [-0.3, -0.25) is 4.79 Å². The van der Waals surface area contributed by atoms with Crippen molar-refractivity contribution in [2.24, 2.45) is 0 Å². The monoisotopic (exact) mass is 549 g/mol. The van der Waals surface area contributed by atoms with Crippen LogP contribution >= 0.6 is 11.3 Å². The van der Waals surface area contributed by atoms with Crippen LogP contribution in [-0.2, 0) is 0 Å². The SMILES string of the molecule is CCOc1ccc(-c2nc3sc(=Cc4cn(-c5ccccc5)nc4-c4ccc(OC(C)C)cc4)c(=O)n3n2)cc1. The number of rotatable bonds is 8. The van der Waals surface area contributed by atoms with Gasteiger partial charge in [-0.25, -0.2) is 4.68 Å². The fraction of sp³-hybridized carbons (Fsp3) is 0.161. The molecule has 0 saturated carbocycles. The Balaban J connectivity index is 1.40. The van der Waals surface area contributed by atoms with Crippen molar-refractivity contribution in [3.05, 3.63) is 106 Å². The quantitative estimate of drug-likeness (QED) is 0.253. The molecule has 40 heavy (non-hydrogen) atoms. The van der Waals surface area contributed by atoms with Crippen LogP contribution in [0.3, 0.4) is 0 Å². The van der Waals surface area contributed by atoms with E-state index in [-0.39, 0.29) is 11.7 Å². The van der Waals surface area contributed by atoms with Gasteiger partial charge in [-0.1, -0.05) is 29.5 Å². The van der Waals surface area contributed by atoms with Crippen molar-refractivity contribution in [3.8, 4) is 39.8 Å². The summed E-state index contributed by atoms with van der Waals surface area (Å²) in [5, 5.41) is 9.38. The summed E-state index contributed by atoms with van der Waals surface area (Å²) >= 11 is 1.30. The highest BCUT2D eigenvalue weighted by molar-refractivity contribution is 7.15. The average molecular weight is 550 g/mol. The minimum absolute atomic E-state index is 0.0869. The first kappa shape index (κ1) is 25.5. The molecular formula is C31H27N5O3S. The highest BCUT2D eigenvalue weighted by Gasteiger charge is 2.15. The van der Waals surface area contributed by atoms with Crippen LogP contribution in [-0.4, -0.2) is 37.1 Å². The van der Waals surface area contributed by atoms with E-state index >= 15 is 0 Å². The summed E-state index contributed by atoms with van der Waals surface area (Å²) in [6.45, 7) is 6.53. The van der Waals surface area contributed by atoms with Crippen molar-refractivity contribution < 1.29 is 9.47 Å². The van der Waals surface area contributed by atoms with Crippen LogP contribution < -0.4 is 19.6 Å². The van der Waals surface area contributed by atoms with E-state index in [2.05, 4.69) is 10.1 Å². The lowest BCUT2D eigenvalue weighted by molar-refractivity contribution is 0.242. The van der Waals surface area contributed by atoms with E-state index in [4.69, 9.17) is 14.6 Å². The van der Waals surface area contributed by atoms with Gasteiger partial charge < -0.3 is 9.47 Å². The Bertz CT molecular complexity index is 1870. The van der Waals surface area contributed by atoms with Gasteiger partial charge in [0.05, 0.1) is 22.9 Å². The van der Waals surface area contributed by atoms with Gasteiger partial charge in [0.15, 0.2) is 5.82 Å². The molecule has 0 amide bonds. The Hall–Kier alpha value is -4.76. The number of hydrogen-bond donors (Lipinski definition) is 0. The standard InChI is InChI=1S/C31H27N5O3S/c1-4-38-25-14-12-22(13-15-25)29-32-31-36(34-29)30(37)27(40-31)18-23-19-35(24-8-6-5-7-9-24)33-28(23)21-10-16-26(17-11-21)39-20(2)3/h5-20H,4H2,1-3H3. The third kappa shape index (κ3) is 5.11. The van der Waals surface area contributed by atoms with Crippen LogP contribution in [0.15, 0.2) is 89.9 Å². The molecule has 0 unspecified atom stereocenters. The van der Waals surface area contributed by atoms with E-state index in [9.17, 15) is 4.79 Å². The van der Waals surface area contributed by atoms with Crippen LogP contribution in [0.4, 0.5) is 0 Å². The van der Waals surface area contributed by atoms with E-state index in [1.54, 1.807) is 0 Å². The number of benzene rings is 3.